The fourth-order valence-corrected chi connectivity index (χ4v) is 3.47. The van der Waals surface area contributed by atoms with Crippen LogP contribution in [-0.4, -0.2) is 55.5 Å². The Hall–Kier alpha value is -1.75. The Kier molecular flexibility index (Phi) is 6.41. The van der Waals surface area contributed by atoms with Gasteiger partial charge in [-0.2, -0.15) is 0 Å². The summed E-state index contributed by atoms with van der Waals surface area (Å²) in [4.78, 5) is 16.9. The SMILES string of the molecule is COc1ccccc1CCN1CCN(C(=O)c2ccc(Cl)c(Cl)c2)CC1. The molecule has 3 rings (SSSR count). The number of amides is 1. The molecule has 0 unspecified atom stereocenters. The van der Waals surface area contributed by atoms with Crippen molar-refractivity contribution < 1.29 is 9.53 Å². The van der Waals surface area contributed by atoms with Gasteiger partial charge in [0.05, 0.1) is 17.2 Å². The lowest BCUT2D eigenvalue weighted by molar-refractivity contribution is 0.0638. The molecule has 1 aliphatic heterocycles. The van der Waals surface area contributed by atoms with Gasteiger partial charge in [0, 0.05) is 38.3 Å². The van der Waals surface area contributed by atoms with Crippen molar-refractivity contribution in [2.75, 3.05) is 39.8 Å². The quantitative estimate of drug-likeness (QED) is 0.770. The minimum atomic E-state index is 0.00736. The van der Waals surface area contributed by atoms with Crippen molar-refractivity contribution in [3.8, 4) is 5.75 Å². The lowest BCUT2D eigenvalue weighted by Crippen LogP contribution is -2.49. The van der Waals surface area contributed by atoms with Crippen molar-refractivity contribution in [1.29, 1.82) is 0 Å². The van der Waals surface area contributed by atoms with Crippen LogP contribution in [0.1, 0.15) is 15.9 Å². The summed E-state index contributed by atoms with van der Waals surface area (Å²) in [5.41, 5.74) is 1.80. The topological polar surface area (TPSA) is 32.8 Å². The molecule has 1 heterocycles. The zero-order valence-corrected chi connectivity index (χ0v) is 16.3. The second-order valence-electron chi connectivity index (χ2n) is 6.32. The number of benzene rings is 2. The minimum Gasteiger partial charge on any atom is -0.496 e. The molecule has 0 atom stereocenters. The monoisotopic (exact) mass is 392 g/mol. The molecule has 0 spiro atoms. The highest BCUT2D eigenvalue weighted by molar-refractivity contribution is 6.42. The van der Waals surface area contributed by atoms with Crippen LogP contribution in [0.2, 0.25) is 10.0 Å². The third-order valence-corrected chi connectivity index (χ3v) is 5.45. The predicted octanol–water partition coefficient (Wildman–Crippen LogP) is 4.00. The first-order valence-electron chi connectivity index (χ1n) is 8.67. The molecule has 1 saturated heterocycles. The van der Waals surface area contributed by atoms with E-state index in [2.05, 4.69) is 11.0 Å². The van der Waals surface area contributed by atoms with Gasteiger partial charge in [-0.15, -0.1) is 0 Å². The molecular formula is C20H22Cl2N2O2. The number of hydrogen-bond acceptors (Lipinski definition) is 3. The number of halogens is 2. The van der Waals surface area contributed by atoms with Gasteiger partial charge >= 0.3 is 0 Å². The summed E-state index contributed by atoms with van der Waals surface area (Å²) in [6.45, 7) is 4.11. The highest BCUT2D eigenvalue weighted by Crippen LogP contribution is 2.23. The average Bonchev–Trinajstić information content (AvgIpc) is 2.68. The summed E-state index contributed by atoms with van der Waals surface area (Å²) in [6.07, 6.45) is 0.935. The first kappa shape index (κ1) is 19.0. The molecule has 6 heteroatoms. The maximum absolute atomic E-state index is 12.6. The second kappa shape index (κ2) is 8.76. The van der Waals surface area contributed by atoms with Crippen LogP contribution in [-0.2, 0) is 6.42 Å². The Balaban J connectivity index is 1.52. The molecular weight excluding hydrogens is 371 g/mol. The third kappa shape index (κ3) is 4.50. The van der Waals surface area contributed by atoms with Gasteiger partial charge in [0.15, 0.2) is 0 Å². The maximum atomic E-state index is 12.6. The van der Waals surface area contributed by atoms with Crippen molar-refractivity contribution in [1.82, 2.24) is 9.80 Å². The minimum absolute atomic E-state index is 0.00736. The zero-order chi connectivity index (χ0) is 18.5. The third-order valence-electron chi connectivity index (χ3n) is 4.72. The van der Waals surface area contributed by atoms with Crippen LogP contribution in [0.5, 0.6) is 5.75 Å². The summed E-state index contributed by atoms with van der Waals surface area (Å²) in [6, 6.07) is 13.1. The molecule has 0 radical (unpaired) electrons. The molecule has 0 saturated carbocycles. The number of carbonyl (C=O) groups is 1. The standard InChI is InChI=1S/C20H22Cl2N2O2/c1-26-19-5-3-2-4-15(19)8-9-23-10-12-24(13-11-23)20(25)16-6-7-17(21)18(22)14-16/h2-7,14H,8-13H2,1H3. The van der Waals surface area contributed by atoms with E-state index in [-0.39, 0.29) is 5.91 Å². The molecule has 4 nitrogen and oxygen atoms in total. The van der Waals surface area contributed by atoms with Crippen LogP contribution in [0.15, 0.2) is 42.5 Å². The van der Waals surface area contributed by atoms with Gasteiger partial charge in [0.2, 0.25) is 0 Å². The molecule has 0 bridgehead atoms. The van der Waals surface area contributed by atoms with E-state index in [4.69, 9.17) is 27.9 Å². The van der Waals surface area contributed by atoms with Crippen molar-refractivity contribution >= 4 is 29.1 Å². The Morgan fingerprint density at radius 2 is 1.77 bits per heavy atom. The fourth-order valence-electron chi connectivity index (χ4n) is 3.17. The van der Waals surface area contributed by atoms with Crippen molar-refractivity contribution in [3.05, 3.63) is 63.6 Å². The van der Waals surface area contributed by atoms with E-state index in [9.17, 15) is 4.79 Å². The van der Waals surface area contributed by atoms with Crippen LogP contribution in [0.4, 0.5) is 0 Å². The fraction of sp³-hybridized carbons (Fsp3) is 0.350. The van der Waals surface area contributed by atoms with E-state index < -0.39 is 0 Å². The van der Waals surface area contributed by atoms with Crippen LogP contribution in [0, 0.1) is 0 Å². The summed E-state index contributed by atoms with van der Waals surface area (Å²) < 4.78 is 5.41. The highest BCUT2D eigenvalue weighted by Gasteiger charge is 2.22. The molecule has 2 aromatic rings. The van der Waals surface area contributed by atoms with Gasteiger partial charge in [-0.05, 0) is 36.2 Å². The molecule has 2 aromatic carbocycles. The normalized spacial score (nSPS) is 15.1. The summed E-state index contributed by atoms with van der Waals surface area (Å²) in [5, 5.41) is 0.873. The molecule has 138 valence electrons. The van der Waals surface area contributed by atoms with E-state index >= 15 is 0 Å². The zero-order valence-electron chi connectivity index (χ0n) is 14.8. The predicted molar refractivity (Wildman–Crippen MR) is 106 cm³/mol. The van der Waals surface area contributed by atoms with Gasteiger partial charge in [-0.1, -0.05) is 41.4 Å². The summed E-state index contributed by atoms with van der Waals surface area (Å²) in [5.74, 6) is 0.939. The van der Waals surface area contributed by atoms with Crippen molar-refractivity contribution in [3.63, 3.8) is 0 Å². The van der Waals surface area contributed by atoms with Crippen LogP contribution in [0.25, 0.3) is 0 Å². The Labute approximate surface area is 164 Å². The molecule has 1 fully saturated rings. The first-order valence-corrected chi connectivity index (χ1v) is 9.42. The lowest BCUT2D eigenvalue weighted by Gasteiger charge is -2.35. The van der Waals surface area contributed by atoms with E-state index in [1.54, 1.807) is 25.3 Å². The van der Waals surface area contributed by atoms with Gasteiger partial charge in [-0.25, -0.2) is 0 Å². The van der Waals surface area contributed by atoms with Crippen LogP contribution < -0.4 is 4.74 Å². The van der Waals surface area contributed by atoms with E-state index in [1.807, 2.05) is 23.1 Å². The smallest absolute Gasteiger partial charge is 0.253 e. The molecule has 1 amide bonds. The summed E-state index contributed by atoms with van der Waals surface area (Å²) >= 11 is 11.9. The molecule has 0 N–H and O–H groups in total. The van der Waals surface area contributed by atoms with Crippen LogP contribution in [0.3, 0.4) is 0 Å². The molecule has 0 aromatic heterocycles. The van der Waals surface area contributed by atoms with E-state index in [1.165, 1.54) is 5.56 Å². The number of methoxy groups -OCH3 is 1. The van der Waals surface area contributed by atoms with Crippen molar-refractivity contribution in [2.24, 2.45) is 0 Å². The summed E-state index contributed by atoms with van der Waals surface area (Å²) in [7, 11) is 1.70. The van der Waals surface area contributed by atoms with Gasteiger partial charge in [-0.3, -0.25) is 9.69 Å². The van der Waals surface area contributed by atoms with Gasteiger partial charge in [0.1, 0.15) is 5.75 Å². The number of piperazine rings is 1. The number of carbonyl (C=O) groups excluding carboxylic acids is 1. The second-order valence-corrected chi connectivity index (χ2v) is 7.14. The molecule has 1 aliphatic rings. The maximum Gasteiger partial charge on any atom is 0.253 e. The highest BCUT2D eigenvalue weighted by atomic mass is 35.5. The number of hydrogen-bond donors (Lipinski definition) is 0. The number of nitrogens with zero attached hydrogens (tertiary/aromatic N) is 2. The Bertz CT molecular complexity index is 774. The van der Waals surface area contributed by atoms with E-state index in [0.717, 1.165) is 31.8 Å². The average molecular weight is 393 g/mol. The molecule has 26 heavy (non-hydrogen) atoms. The largest absolute Gasteiger partial charge is 0.496 e. The Morgan fingerprint density at radius 3 is 2.46 bits per heavy atom. The number of rotatable bonds is 5. The Morgan fingerprint density at radius 1 is 1.04 bits per heavy atom. The van der Waals surface area contributed by atoms with E-state index in [0.29, 0.717) is 28.7 Å². The number of para-hydroxylation sites is 1. The number of ether oxygens (including phenoxy) is 1. The van der Waals surface area contributed by atoms with Crippen LogP contribution >= 0.6 is 23.2 Å². The van der Waals surface area contributed by atoms with Gasteiger partial charge < -0.3 is 9.64 Å². The van der Waals surface area contributed by atoms with Crippen molar-refractivity contribution in [2.45, 2.75) is 6.42 Å². The molecule has 0 aliphatic carbocycles. The van der Waals surface area contributed by atoms with Gasteiger partial charge in [0.25, 0.3) is 5.91 Å². The lowest BCUT2D eigenvalue weighted by atomic mass is 10.1. The first-order chi connectivity index (χ1) is 12.6.